The van der Waals surface area contributed by atoms with E-state index >= 15 is 0 Å². The van der Waals surface area contributed by atoms with Crippen molar-refractivity contribution in [3.8, 4) is 0 Å². The van der Waals surface area contributed by atoms with Crippen molar-refractivity contribution in [2.45, 2.75) is 26.3 Å². The van der Waals surface area contributed by atoms with Crippen LogP contribution in [0.1, 0.15) is 24.0 Å². The van der Waals surface area contributed by atoms with Crippen LogP contribution in [0.3, 0.4) is 0 Å². The lowest BCUT2D eigenvalue weighted by atomic mass is 10.0. The number of hydrogen-bond donors (Lipinski definition) is 0. The number of amides is 1. The Balaban J connectivity index is 1.46. The summed E-state index contributed by atoms with van der Waals surface area (Å²) < 4.78 is 0. The van der Waals surface area contributed by atoms with Crippen LogP contribution in [-0.2, 0) is 24.2 Å². The normalized spacial score (nSPS) is 16.1. The molecule has 170 valence electrons. The molecule has 1 aromatic heterocycles. The molecule has 5 rings (SSSR count). The van der Waals surface area contributed by atoms with Crippen molar-refractivity contribution < 1.29 is 4.79 Å². The van der Waals surface area contributed by atoms with Gasteiger partial charge in [-0.1, -0.05) is 49.4 Å². The van der Waals surface area contributed by atoms with E-state index in [9.17, 15) is 4.79 Å². The molecule has 0 aliphatic carbocycles. The Morgan fingerprint density at radius 2 is 1.82 bits per heavy atom. The maximum absolute atomic E-state index is 12.0. The smallest absolute Gasteiger partial charge is 0.246 e. The first kappa shape index (κ1) is 21.7. The van der Waals surface area contributed by atoms with Crippen molar-refractivity contribution in [3.63, 3.8) is 0 Å². The van der Waals surface area contributed by atoms with Crippen LogP contribution < -0.4 is 9.80 Å². The maximum atomic E-state index is 12.0. The molecule has 6 nitrogen and oxygen atoms in total. The van der Waals surface area contributed by atoms with Crippen molar-refractivity contribution >= 4 is 39.8 Å². The lowest BCUT2D eigenvalue weighted by molar-refractivity contribution is -0.126. The minimum atomic E-state index is -0.00185. The summed E-state index contributed by atoms with van der Waals surface area (Å²) >= 11 is 6.61. The SMILES string of the molecule is C=CC(=O)N1CCN(c2nc(CC)nc3c2CCN(c2cccc4cccc(Cl)c24)C3)CC1. The van der Waals surface area contributed by atoms with E-state index in [0.29, 0.717) is 13.1 Å². The number of carbonyl (C=O) groups is 1. The van der Waals surface area contributed by atoms with E-state index in [4.69, 9.17) is 21.6 Å². The van der Waals surface area contributed by atoms with E-state index < -0.39 is 0 Å². The number of benzene rings is 2. The third kappa shape index (κ3) is 4.04. The number of nitrogens with zero attached hydrogens (tertiary/aromatic N) is 5. The number of piperazine rings is 1. The third-order valence-corrected chi connectivity index (χ3v) is 6.96. The number of rotatable bonds is 4. The summed E-state index contributed by atoms with van der Waals surface area (Å²) in [4.78, 5) is 28.4. The van der Waals surface area contributed by atoms with Gasteiger partial charge in [0.1, 0.15) is 11.6 Å². The van der Waals surface area contributed by atoms with E-state index in [-0.39, 0.29) is 5.91 Å². The van der Waals surface area contributed by atoms with Crippen LogP contribution in [-0.4, -0.2) is 53.5 Å². The molecular formula is C26H28ClN5O. The first-order valence-corrected chi connectivity index (χ1v) is 11.9. The van der Waals surface area contributed by atoms with Gasteiger partial charge in [0.15, 0.2) is 0 Å². The summed E-state index contributed by atoms with van der Waals surface area (Å²) in [6.07, 6.45) is 3.06. The molecule has 1 saturated heterocycles. The monoisotopic (exact) mass is 461 g/mol. The highest BCUT2D eigenvalue weighted by atomic mass is 35.5. The molecule has 0 saturated carbocycles. The Kier molecular flexibility index (Phi) is 5.94. The second kappa shape index (κ2) is 9.02. The predicted octanol–water partition coefficient (Wildman–Crippen LogP) is 4.24. The van der Waals surface area contributed by atoms with E-state index in [1.807, 2.05) is 17.0 Å². The molecule has 0 atom stereocenters. The Morgan fingerprint density at radius 1 is 1.06 bits per heavy atom. The number of hydrogen-bond acceptors (Lipinski definition) is 5. The van der Waals surface area contributed by atoms with Crippen LogP contribution in [0.5, 0.6) is 0 Å². The van der Waals surface area contributed by atoms with E-state index in [1.54, 1.807) is 0 Å². The predicted molar refractivity (Wildman–Crippen MR) is 134 cm³/mol. The molecule has 0 N–H and O–H groups in total. The quantitative estimate of drug-likeness (QED) is 0.544. The van der Waals surface area contributed by atoms with Gasteiger partial charge in [0.05, 0.1) is 17.3 Å². The van der Waals surface area contributed by atoms with Crippen LogP contribution >= 0.6 is 11.6 Å². The maximum Gasteiger partial charge on any atom is 0.246 e. The van der Waals surface area contributed by atoms with E-state index in [1.165, 1.54) is 11.6 Å². The van der Waals surface area contributed by atoms with Crippen LogP contribution in [0.2, 0.25) is 5.02 Å². The number of aryl methyl sites for hydroxylation is 1. The number of aromatic nitrogens is 2. The molecule has 0 spiro atoms. The van der Waals surface area contributed by atoms with Crippen molar-refractivity contribution in [2.24, 2.45) is 0 Å². The lowest BCUT2D eigenvalue weighted by Gasteiger charge is -2.38. The molecule has 2 aliphatic rings. The molecule has 3 heterocycles. The average molecular weight is 462 g/mol. The van der Waals surface area contributed by atoms with Crippen molar-refractivity contribution in [1.82, 2.24) is 14.9 Å². The summed E-state index contributed by atoms with van der Waals surface area (Å²) in [7, 11) is 0. The zero-order chi connectivity index (χ0) is 22.9. The molecule has 3 aromatic rings. The fourth-order valence-electron chi connectivity index (χ4n) is 4.89. The van der Waals surface area contributed by atoms with Gasteiger partial charge in [0, 0.05) is 55.8 Å². The standard InChI is InChI=1S/C26H28ClN5O/c1-3-23-28-21-17-32(22-10-6-8-18-7-5-9-20(27)25(18)22)12-11-19(21)26(29-23)31-15-13-30(14-16-31)24(33)4-2/h4-10H,2-3,11-17H2,1H3. The highest BCUT2D eigenvalue weighted by molar-refractivity contribution is 6.36. The average Bonchev–Trinajstić information content (AvgIpc) is 2.87. The molecule has 0 unspecified atom stereocenters. The minimum absolute atomic E-state index is 0.00185. The minimum Gasteiger partial charge on any atom is -0.365 e. The van der Waals surface area contributed by atoms with Crippen molar-refractivity contribution in [3.05, 3.63) is 71.2 Å². The topological polar surface area (TPSA) is 52.6 Å². The Bertz CT molecular complexity index is 1210. The van der Waals surface area contributed by atoms with Crippen LogP contribution in [0.4, 0.5) is 11.5 Å². The molecular weight excluding hydrogens is 434 g/mol. The molecule has 7 heteroatoms. The van der Waals surface area contributed by atoms with Gasteiger partial charge in [-0.05, 0) is 30.0 Å². The van der Waals surface area contributed by atoms with E-state index in [0.717, 1.165) is 77.8 Å². The second-order valence-corrected chi connectivity index (χ2v) is 8.95. The first-order valence-electron chi connectivity index (χ1n) is 11.6. The van der Waals surface area contributed by atoms with Crippen LogP contribution in [0, 0.1) is 0 Å². The Morgan fingerprint density at radius 3 is 2.55 bits per heavy atom. The van der Waals surface area contributed by atoms with Gasteiger partial charge in [-0.2, -0.15) is 0 Å². The molecule has 2 aromatic carbocycles. The molecule has 1 fully saturated rings. The summed E-state index contributed by atoms with van der Waals surface area (Å²) in [6, 6.07) is 12.4. The fraction of sp³-hybridized carbons (Fsp3) is 0.346. The van der Waals surface area contributed by atoms with Gasteiger partial charge in [-0.3, -0.25) is 4.79 Å². The fourth-order valence-corrected chi connectivity index (χ4v) is 5.17. The zero-order valence-electron chi connectivity index (χ0n) is 18.9. The van der Waals surface area contributed by atoms with Crippen molar-refractivity contribution in [2.75, 3.05) is 42.5 Å². The van der Waals surface area contributed by atoms with Crippen LogP contribution in [0.15, 0.2) is 49.1 Å². The highest BCUT2D eigenvalue weighted by Gasteiger charge is 2.28. The Hall–Kier alpha value is -3.12. The van der Waals surface area contributed by atoms with Crippen molar-refractivity contribution in [1.29, 1.82) is 0 Å². The first-order chi connectivity index (χ1) is 16.1. The summed E-state index contributed by atoms with van der Waals surface area (Å²) in [5, 5.41) is 3.02. The van der Waals surface area contributed by atoms with Gasteiger partial charge in [-0.25, -0.2) is 9.97 Å². The van der Waals surface area contributed by atoms with Gasteiger partial charge < -0.3 is 14.7 Å². The number of anilines is 2. The molecule has 33 heavy (non-hydrogen) atoms. The van der Waals surface area contributed by atoms with Gasteiger partial charge >= 0.3 is 0 Å². The number of carbonyl (C=O) groups excluding carboxylic acids is 1. The zero-order valence-corrected chi connectivity index (χ0v) is 19.7. The lowest BCUT2D eigenvalue weighted by Crippen LogP contribution is -2.49. The number of halogens is 1. The molecule has 2 aliphatic heterocycles. The highest BCUT2D eigenvalue weighted by Crippen LogP contribution is 2.36. The molecule has 0 radical (unpaired) electrons. The summed E-state index contributed by atoms with van der Waals surface area (Å²) in [5.41, 5.74) is 3.48. The third-order valence-electron chi connectivity index (χ3n) is 6.64. The largest absolute Gasteiger partial charge is 0.365 e. The summed E-state index contributed by atoms with van der Waals surface area (Å²) in [6.45, 7) is 10.2. The van der Waals surface area contributed by atoms with Gasteiger partial charge in [0.25, 0.3) is 0 Å². The second-order valence-electron chi connectivity index (χ2n) is 8.55. The summed E-state index contributed by atoms with van der Waals surface area (Å²) in [5.74, 6) is 1.90. The van der Waals surface area contributed by atoms with Gasteiger partial charge in [-0.15, -0.1) is 0 Å². The van der Waals surface area contributed by atoms with E-state index in [2.05, 4.69) is 47.6 Å². The number of fused-ring (bicyclic) bond motifs is 2. The van der Waals surface area contributed by atoms with Crippen LogP contribution in [0.25, 0.3) is 10.8 Å². The molecule has 1 amide bonds. The Labute approximate surface area is 199 Å². The van der Waals surface area contributed by atoms with Gasteiger partial charge in [0.2, 0.25) is 5.91 Å². The molecule has 0 bridgehead atoms.